The highest BCUT2D eigenvalue weighted by atomic mass is 19.3. The van der Waals surface area contributed by atoms with Crippen molar-refractivity contribution in [2.45, 2.75) is 64.7 Å². The van der Waals surface area contributed by atoms with Crippen LogP contribution in [0.3, 0.4) is 0 Å². The lowest BCUT2D eigenvalue weighted by atomic mass is 9.94. The quantitative estimate of drug-likeness (QED) is 0.312. The average Bonchev–Trinajstić information content (AvgIpc) is 3.39. The number of methoxy groups -OCH3 is 2. The molecule has 9 nitrogen and oxygen atoms in total. The topological polar surface area (TPSA) is 91.3 Å². The zero-order valence-electron chi connectivity index (χ0n) is 24.2. The van der Waals surface area contributed by atoms with E-state index < -0.39 is 30.7 Å². The number of piperidine rings is 1. The van der Waals surface area contributed by atoms with Gasteiger partial charge in [0.15, 0.2) is 0 Å². The van der Waals surface area contributed by atoms with Gasteiger partial charge in [-0.1, -0.05) is 12.1 Å². The molecule has 1 aliphatic rings. The minimum absolute atomic E-state index is 0.285. The molecule has 2 heterocycles. The number of carbonyl (C=O) groups excluding carboxylic acids is 2. The lowest BCUT2D eigenvalue weighted by Crippen LogP contribution is -2.43. The number of nitrogens with zero attached hydrogens (tertiary/aromatic N) is 2. The molecule has 222 valence electrons. The number of esters is 1. The number of ether oxygens (including phenoxy) is 4. The number of alkyl halides is 2. The highest BCUT2D eigenvalue weighted by Crippen LogP contribution is 2.40. The third kappa shape index (κ3) is 6.97. The van der Waals surface area contributed by atoms with Crippen LogP contribution in [-0.4, -0.2) is 67.1 Å². The number of hydrazine groups is 1. The molecule has 0 spiro atoms. The Kier molecular flexibility index (Phi) is 9.18. The highest BCUT2D eigenvalue weighted by Gasteiger charge is 2.32. The molecule has 1 aliphatic heterocycles. The molecule has 1 saturated heterocycles. The number of carbonyl (C=O) groups is 2. The van der Waals surface area contributed by atoms with E-state index in [1.54, 1.807) is 25.4 Å². The van der Waals surface area contributed by atoms with Gasteiger partial charge in [0.2, 0.25) is 0 Å². The summed E-state index contributed by atoms with van der Waals surface area (Å²) < 4.78 is 49.0. The van der Waals surface area contributed by atoms with Crippen LogP contribution in [0.2, 0.25) is 0 Å². The number of halogens is 2. The van der Waals surface area contributed by atoms with Crippen molar-refractivity contribution in [2.75, 3.05) is 32.8 Å². The van der Waals surface area contributed by atoms with Crippen molar-refractivity contribution >= 4 is 28.7 Å². The van der Waals surface area contributed by atoms with Crippen molar-refractivity contribution < 1.29 is 37.3 Å². The van der Waals surface area contributed by atoms with E-state index in [9.17, 15) is 18.4 Å². The van der Waals surface area contributed by atoms with Gasteiger partial charge in [-0.3, -0.25) is 4.57 Å². The second-order valence-electron chi connectivity index (χ2n) is 11.0. The lowest BCUT2D eigenvalue weighted by Gasteiger charge is -2.40. The van der Waals surface area contributed by atoms with Gasteiger partial charge in [-0.15, -0.1) is 0 Å². The first-order valence-electron chi connectivity index (χ1n) is 13.4. The Bertz CT molecular complexity index is 1380. The second kappa shape index (κ2) is 12.4. The number of aromatic nitrogens is 1. The molecule has 0 bridgehead atoms. The Labute approximate surface area is 238 Å². The fourth-order valence-electron chi connectivity index (χ4n) is 5.09. The van der Waals surface area contributed by atoms with E-state index in [-0.39, 0.29) is 12.1 Å². The van der Waals surface area contributed by atoms with Gasteiger partial charge in [-0.05, 0) is 75.9 Å². The zero-order valence-corrected chi connectivity index (χ0v) is 24.2. The van der Waals surface area contributed by atoms with Crippen molar-refractivity contribution in [3.8, 4) is 5.75 Å². The van der Waals surface area contributed by atoms with E-state index >= 15 is 0 Å². The highest BCUT2D eigenvalue weighted by molar-refractivity contribution is 6.01. The summed E-state index contributed by atoms with van der Waals surface area (Å²) in [6.45, 7) is 7.18. The second-order valence-corrected chi connectivity index (χ2v) is 11.0. The summed E-state index contributed by atoms with van der Waals surface area (Å²) in [4.78, 5) is 25.0. The molecule has 0 unspecified atom stereocenters. The summed E-state index contributed by atoms with van der Waals surface area (Å²) in [5, 5.41) is 2.76. The van der Waals surface area contributed by atoms with Crippen LogP contribution < -0.4 is 10.2 Å². The summed E-state index contributed by atoms with van der Waals surface area (Å²) in [7, 11) is 2.89. The molecule has 3 aromatic rings. The molecule has 1 N–H and O–H groups in total. The first-order valence-corrected chi connectivity index (χ1v) is 13.4. The fraction of sp³-hybridized carbons (Fsp3) is 0.467. The Morgan fingerprint density at radius 3 is 2.44 bits per heavy atom. The number of hydrogen-bond donors (Lipinski definition) is 1. The van der Waals surface area contributed by atoms with E-state index in [0.717, 1.165) is 16.5 Å². The van der Waals surface area contributed by atoms with E-state index in [1.807, 2.05) is 57.0 Å². The first-order chi connectivity index (χ1) is 19.4. The van der Waals surface area contributed by atoms with Gasteiger partial charge < -0.3 is 24.4 Å². The maximum atomic E-state index is 13.0. The number of benzene rings is 2. The summed E-state index contributed by atoms with van der Waals surface area (Å²) in [6, 6.07) is 10.4. The minimum Gasteiger partial charge on any atom is -0.495 e. The van der Waals surface area contributed by atoms with Gasteiger partial charge in [-0.2, -0.15) is 0 Å². The van der Waals surface area contributed by atoms with Gasteiger partial charge in [-0.25, -0.2) is 23.4 Å². The number of nitrogens with one attached hydrogen (secondary N) is 1. The van der Waals surface area contributed by atoms with Crippen molar-refractivity contribution in [3.63, 3.8) is 0 Å². The van der Waals surface area contributed by atoms with Crippen molar-refractivity contribution in [1.29, 1.82) is 0 Å². The maximum Gasteiger partial charge on any atom is 0.419 e. The van der Waals surface area contributed by atoms with Crippen LogP contribution in [0.15, 0.2) is 42.6 Å². The summed E-state index contributed by atoms with van der Waals surface area (Å²) in [5.74, 6) is 0.127. The van der Waals surface area contributed by atoms with E-state index in [2.05, 4.69) is 5.43 Å². The van der Waals surface area contributed by atoms with Gasteiger partial charge in [0.05, 0.1) is 37.4 Å². The van der Waals surface area contributed by atoms with E-state index in [0.29, 0.717) is 41.9 Å². The fourth-order valence-corrected chi connectivity index (χ4v) is 5.09. The van der Waals surface area contributed by atoms with Crippen LogP contribution in [0, 0.1) is 6.92 Å². The van der Waals surface area contributed by atoms with Crippen molar-refractivity contribution in [2.24, 2.45) is 0 Å². The number of hydrogen-bond acceptors (Lipinski definition) is 8. The monoisotopic (exact) mass is 573 g/mol. The van der Waals surface area contributed by atoms with Crippen molar-refractivity contribution in [3.05, 3.63) is 59.3 Å². The normalized spacial score (nSPS) is 18.0. The molecule has 0 aliphatic carbocycles. The molecule has 0 saturated carbocycles. The third-order valence-electron chi connectivity index (χ3n) is 6.92. The molecular formula is C30H37F2N3O6. The smallest absolute Gasteiger partial charge is 0.419 e. The molecule has 4 rings (SSSR count). The SMILES string of the molecule is COC(=O)c1ccc([C@@H]2C[C@H](OCC(F)F)CCN2Nc2c(OC)cc(C)c3c2ccn3C(=O)OC(C)(C)C)cc1. The molecule has 0 radical (unpaired) electrons. The predicted molar refractivity (Wildman–Crippen MR) is 151 cm³/mol. The van der Waals surface area contributed by atoms with Gasteiger partial charge in [0.25, 0.3) is 6.43 Å². The largest absolute Gasteiger partial charge is 0.495 e. The maximum absolute atomic E-state index is 13.0. The van der Waals surface area contributed by atoms with Crippen LogP contribution in [0.25, 0.3) is 10.9 Å². The molecule has 0 amide bonds. The van der Waals surface area contributed by atoms with Crippen LogP contribution in [0.1, 0.15) is 61.1 Å². The average molecular weight is 574 g/mol. The standard InChI is InChI=1S/C30H37F2N3O6/c1-18-15-24(38-5)26(22-12-13-34(27(18)22)29(37)41-30(2,3)4)33-35-14-11-21(40-17-25(31)32)16-23(35)19-7-9-20(10-8-19)28(36)39-6/h7-10,12-13,15,21,23,25,33H,11,14,16-17H2,1-6H3/t21-,23+/m1/s1. The molecular weight excluding hydrogens is 536 g/mol. The van der Waals surface area contributed by atoms with E-state index in [4.69, 9.17) is 18.9 Å². The van der Waals surface area contributed by atoms with E-state index in [1.165, 1.54) is 11.7 Å². The lowest BCUT2D eigenvalue weighted by molar-refractivity contribution is -0.0555. The van der Waals surface area contributed by atoms with Crippen LogP contribution in [0.4, 0.5) is 19.3 Å². The summed E-state index contributed by atoms with van der Waals surface area (Å²) >= 11 is 0. The Balaban J connectivity index is 1.71. The molecule has 1 fully saturated rings. The predicted octanol–water partition coefficient (Wildman–Crippen LogP) is 6.34. The number of aryl methyl sites for hydroxylation is 1. The molecule has 11 heteroatoms. The molecule has 41 heavy (non-hydrogen) atoms. The number of anilines is 1. The number of fused-ring (bicyclic) bond motifs is 1. The van der Waals surface area contributed by atoms with Gasteiger partial charge in [0, 0.05) is 18.1 Å². The van der Waals surface area contributed by atoms with Crippen LogP contribution >= 0.6 is 0 Å². The van der Waals surface area contributed by atoms with Gasteiger partial charge >= 0.3 is 12.1 Å². The first kappa shape index (κ1) is 30.3. The minimum atomic E-state index is -2.55. The summed E-state index contributed by atoms with van der Waals surface area (Å²) in [5.41, 5.74) is 6.26. The zero-order chi connectivity index (χ0) is 29.9. The third-order valence-corrected chi connectivity index (χ3v) is 6.92. The van der Waals surface area contributed by atoms with Crippen LogP contribution in [-0.2, 0) is 14.2 Å². The van der Waals surface area contributed by atoms with Crippen LogP contribution in [0.5, 0.6) is 5.75 Å². The molecule has 1 aromatic heterocycles. The van der Waals surface area contributed by atoms with Gasteiger partial charge in [0.1, 0.15) is 23.6 Å². The Morgan fingerprint density at radius 2 is 1.83 bits per heavy atom. The Morgan fingerprint density at radius 1 is 1.12 bits per heavy atom. The number of rotatable bonds is 8. The Hall–Kier alpha value is -3.70. The van der Waals surface area contributed by atoms with Crippen molar-refractivity contribution in [1.82, 2.24) is 9.58 Å². The molecule has 2 atom stereocenters. The molecule has 2 aromatic carbocycles. The summed E-state index contributed by atoms with van der Waals surface area (Å²) in [6.07, 6.45) is -0.792.